The monoisotopic (exact) mass is 311 g/mol. The third-order valence-corrected chi connectivity index (χ3v) is 5.80. The molecule has 1 aromatic heterocycles. The Bertz CT molecular complexity index is 598. The SMILES string of the molecule is Nc1cccnc1N1CCC(N2CCCNS2(=O)=O)CC1. The van der Waals surface area contributed by atoms with Gasteiger partial charge in [-0.3, -0.25) is 0 Å². The van der Waals surface area contributed by atoms with Gasteiger partial charge in [-0.2, -0.15) is 12.7 Å². The number of nitrogen functional groups attached to an aromatic ring is 1. The molecule has 0 saturated carbocycles. The van der Waals surface area contributed by atoms with E-state index in [0.717, 1.165) is 38.2 Å². The molecule has 0 spiro atoms. The van der Waals surface area contributed by atoms with Crippen LogP contribution in [0, 0.1) is 0 Å². The maximum absolute atomic E-state index is 12.1. The Kier molecular flexibility index (Phi) is 4.01. The van der Waals surface area contributed by atoms with Crippen LogP contribution in [0.3, 0.4) is 0 Å². The van der Waals surface area contributed by atoms with Crippen LogP contribution >= 0.6 is 0 Å². The van der Waals surface area contributed by atoms with Gasteiger partial charge in [0.2, 0.25) is 0 Å². The second-order valence-corrected chi connectivity index (χ2v) is 7.21. The summed E-state index contributed by atoms with van der Waals surface area (Å²) in [5.41, 5.74) is 6.62. The minimum atomic E-state index is -3.29. The lowest BCUT2D eigenvalue weighted by atomic mass is 10.0. The zero-order chi connectivity index (χ0) is 14.9. The molecule has 8 heteroatoms. The van der Waals surface area contributed by atoms with Crippen molar-refractivity contribution in [1.82, 2.24) is 14.0 Å². The van der Waals surface area contributed by atoms with Crippen LogP contribution in [0.5, 0.6) is 0 Å². The molecule has 3 N–H and O–H groups in total. The first-order chi connectivity index (χ1) is 10.1. The lowest BCUT2D eigenvalue weighted by molar-refractivity contribution is 0.257. The molecular formula is C13H21N5O2S. The van der Waals surface area contributed by atoms with Crippen molar-refractivity contribution in [2.45, 2.75) is 25.3 Å². The molecule has 0 unspecified atom stereocenters. The van der Waals surface area contributed by atoms with Crippen molar-refractivity contribution in [3.05, 3.63) is 18.3 Å². The molecule has 2 aliphatic heterocycles. The fraction of sp³-hybridized carbons (Fsp3) is 0.615. The maximum atomic E-state index is 12.1. The molecule has 0 aromatic carbocycles. The predicted molar refractivity (Wildman–Crippen MR) is 82.1 cm³/mol. The molecule has 1 aromatic rings. The Morgan fingerprint density at radius 1 is 1.29 bits per heavy atom. The number of hydrogen-bond acceptors (Lipinski definition) is 5. The average molecular weight is 311 g/mol. The summed E-state index contributed by atoms with van der Waals surface area (Å²) in [5, 5.41) is 0. The lowest BCUT2D eigenvalue weighted by Gasteiger charge is -2.39. The number of aromatic nitrogens is 1. The maximum Gasteiger partial charge on any atom is 0.279 e. The van der Waals surface area contributed by atoms with E-state index in [-0.39, 0.29) is 6.04 Å². The van der Waals surface area contributed by atoms with Gasteiger partial charge in [-0.15, -0.1) is 0 Å². The van der Waals surface area contributed by atoms with Crippen molar-refractivity contribution in [3.8, 4) is 0 Å². The molecule has 2 saturated heterocycles. The van der Waals surface area contributed by atoms with Crippen LogP contribution in [0.4, 0.5) is 11.5 Å². The standard InChI is InChI=1S/C13H21N5O2S/c14-12-3-1-6-15-13(12)17-9-4-11(5-10-17)18-8-2-7-16-21(18,19)20/h1,3,6,11,16H,2,4-5,7-10,14H2. The van der Waals surface area contributed by atoms with Crippen molar-refractivity contribution in [2.24, 2.45) is 0 Å². The average Bonchev–Trinajstić information content (AvgIpc) is 2.48. The number of piperidine rings is 1. The quantitative estimate of drug-likeness (QED) is 0.812. The highest BCUT2D eigenvalue weighted by Crippen LogP contribution is 2.26. The van der Waals surface area contributed by atoms with Crippen LogP contribution in [-0.2, 0) is 10.2 Å². The highest BCUT2D eigenvalue weighted by Gasteiger charge is 2.34. The number of nitrogens with zero attached hydrogens (tertiary/aromatic N) is 3. The van der Waals surface area contributed by atoms with Crippen LogP contribution < -0.4 is 15.4 Å². The smallest absolute Gasteiger partial charge is 0.279 e. The van der Waals surface area contributed by atoms with E-state index in [1.54, 1.807) is 10.5 Å². The predicted octanol–water partition coefficient (Wildman–Crippen LogP) is 0.173. The summed E-state index contributed by atoms with van der Waals surface area (Å²) >= 11 is 0. The molecule has 2 aliphatic rings. The molecule has 116 valence electrons. The highest BCUT2D eigenvalue weighted by molar-refractivity contribution is 7.87. The number of anilines is 2. The molecule has 0 radical (unpaired) electrons. The number of hydrogen-bond donors (Lipinski definition) is 2. The van der Waals surface area contributed by atoms with Crippen molar-refractivity contribution in [3.63, 3.8) is 0 Å². The number of nitrogens with two attached hydrogens (primary N) is 1. The van der Waals surface area contributed by atoms with Gasteiger partial charge in [-0.1, -0.05) is 0 Å². The third kappa shape index (κ3) is 2.97. The van der Waals surface area contributed by atoms with E-state index < -0.39 is 10.2 Å². The largest absolute Gasteiger partial charge is 0.396 e. The van der Waals surface area contributed by atoms with Gasteiger partial charge in [0.25, 0.3) is 10.2 Å². The zero-order valence-electron chi connectivity index (χ0n) is 11.9. The first-order valence-electron chi connectivity index (χ1n) is 7.30. The molecule has 7 nitrogen and oxygen atoms in total. The molecule has 0 aliphatic carbocycles. The Hall–Kier alpha value is -1.38. The fourth-order valence-electron chi connectivity index (χ4n) is 3.06. The highest BCUT2D eigenvalue weighted by atomic mass is 32.2. The van der Waals surface area contributed by atoms with E-state index in [1.165, 1.54) is 0 Å². The van der Waals surface area contributed by atoms with Gasteiger partial charge >= 0.3 is 0 Å². The first-order valence-corrected chi connectivity index (χ1v) is 8.74. The summed E-state index contributed by atoms with van der Waals surface area (Å²) in [6.07, 6.45) is 4.21. The summed E-state index contributed by atoms with van der Waals surface area (Å²) < 4.78 is 28.3. The molecule has 0 bridgehead atoms. The van der Waals surface area contributed by atoms with Crippen molar-refractivity contribution >= 4 is 21.7 Å². The Morgan fingerprint density at radius 3 is 2.71 bits per heavy atom. The summed E-state index contributed by atoms with van der Waals surface area (Å²) in [7, 11) is -3.29. The van der Waals surface area contributed by atoms with Gasteiger partial charge in [-0.25, -0.2) is 9.71 Å². The van der Waals surface area contributed by atoms with Gasteiger partial charge in [0.05, 0.1) is 5.69 Å². The van der Waals surface area contributed by atoms with Crippen LogP contribution in [0.1, 0.15) is 19.3 Å². The van der Waals surface area contributed by atoms with Crippen molar-refractivity contribution < 1.29 is 8.42 Å². The second kappa shape index (κ2) is 5.78. The van der Waals surface area contributed by atoms with Crippen LogP contribution in [0.25, 0.3) is 0 Å². The lowest BCUT2D eigenvalue weighted by Crippen LogP contribution is -2.54. The molecule has 0 amide bonds. The molecule has 3 rings (SSSR count). The molecular weight excluding hydrogens is 290 g/mol. The normalized spacial score (nSPS) is 24.1. The van der Waals surface area contributed by atoms with E-state index in [2.05, 4.69) is 14.6 Å². The van der Waals surface area contributed by atoms with E-state index >= 15 is 0 Å². The van der Waals surface area contributed by atoms with Gasteiger partial charge in [-0.05, 0) is 31.4 Å². The minimum absolute atomic E-state index is 0.0731. The number of rotatable bonds is 2. The van der Waals surface area contributed by atoms with E-state index in [4.69, 9.17) is 5.73 Å². The first kappa shape index (κ1) is 14.6. The van der Waals surface area contributed by atoms with E-state index in [0.29, 0.717) is 18.8 Å². The molecule has 21 heavy (non-hydrogen) atoms. The Balaban J connectivity index is 1.67. The topological polar surface area (TPSA) is 91.6 Å². The molecule has 2 fully saturated rings. The summed E-state index contributed by atoms with van der Waals surface area (Å²) in [4.78, 5) is 6.46. The van der Waals surface area contributed by atoms with E-state index in [1.807, 2.05) is 12.1 Å². The van der Waals surface area contributed by atoms with Crippen molar-refractivity contribution in [1.29, 1.82) is 0 Å². The molecule has 3 heterocycles. The van der Waals surface area contributed by atoms with Gasteiger partial charge < -0.3 is 10.6 Å². The second-order valence-electron chi connectivity index (χ2n) is 5.50. The van der Waals surface area contributed by atoms with Gasteiger partial charge in [0, 0.05) is 38.4 Å². The van der Waals surface area contributed by atoms with Crippen LogP contribution in [0.2, 0.25) is 0 Å². The van der Waals surface area contributed by atoms with E-state index in [9.17, 15) is 8.42 Å². The summed E-state index contributed by atoms with van der Waals surface area (Å²) in [6, 6.07) is 3.73. The molecule has 0 atom stereocenters. The summed E-state index contributed by atoms with van der Waals surface area (Å²) in [6.45, 7) is 2.71. The van der Waals surface area contributed by atoms with Gasteiger partial charge in [0.15, 0.2) is 5.82 Å². The fourth-order valence-corrected chi connectivity index (χ4v) is 4.60. The Labute approximate surface area is 125 Å². The summed E-state index contributed by atoms with van der Waals surface area (Å²) in [5.74, 6) is 0.801. The zero-order valence-corrected chi connectivity index (χ0v) is 12.7. The van der Waals surface area contributed by atoms with Crippen molar-refractivity contribution in [2.75, 3.05) is 36.8 Å². The minimum Gasteiger partial charge on any atom is -0.396 e. The van der Waals surface area contributed by atoms with Crippen LogP contribution in [0.15, 0.2) is 18.3 Å². The number of pyridine rings is 1. The Morgan fingerprint density at radius 2 is 2.05 bits per heavy atom. The van der Waals surface area contributed by atoms with Gasteiger partial charge in [0.1, 0.15) is 0 Å². The number of nitrogens with one attached hydrogen (secondary N) is 1. The van der Waals surface area contributed by atoms with Crippen LogP contribution in [-0.4, -0.2) is 49.9 Å². The third-order valence-electron chi connectivity index (χ3n) is 4.14.